The number of benzene rings is 2. The van der Waals surface area contributed by atoms with Gasteiger partial charge in [-0.3, -0.25) is 4.79 Å². The zero-order valence-corrected chi connectivity index (χ0v) is 17.2. The normalized spacial score (nSPS) is 10.7. The lowest BCUT2D eigenvalue weighted by molar-refractivity contribution is 0.102. The summed E-state index contributed by atoms with van der Waals surface area (Å²) in [5.41, 5.74) is 4.29. The summed E-state index contributed by atoms with van der Waals surface area (Å²) in [7, 11) is 0. The third kappa shape index (κ3) is 5.31. The first-order chi connectivity index (χ1) is 14.0. The Kier molecular flexibility index (Phi) is 6.44. The first kappa shape index (κ1) is 20.3. The minimum absolute atomic E-state index is 0.103. The van der Waals surface area contributed by atoms with E-state index in [1.165, 1.54) is 11.8 Å². The predicted molar refractivity (Wildman–Crippen MR) is 116 cm³/mol. The molecule has 0 fully saturated rings. The molecule has 2 aromatic carbocycles. The van der Waals surface area contributed by atoms with Crippen LogP contribution >= 0.6 is 0 Å². The van der Waals surface area contributed by atoms with Gasteiger partial charge in [0.15, 0.2) is 0 Å². The fourth-order valence-corrected chi connectivity index (χ4v) is 2.92. The number of ether oxygens (including phenoxy) is 1. The second-order valence-electron chi connectivity index (χ2n) is 7.02. The smallest absolute Gasteiger partial charge is 0.275 e. The summed E-state index contributed by atoms with van der Waals surface area (Å²) >= 11 is 0. The van der Waals surface area contributed by atoms with E-state index in [0.717, 1.165) is 23.4 Å². The van der Waals surface area contributed by atoms with Crippen molar-refractivity contribution in [1.29, 1.82) is 0 Å². The highest BCUT2D eigenvalue weighted by Gasteiger charge is 2.10. The van der Waals surface area contributed by atoms with Crippen LogP contribution in [0.2, 0.25) is 0 Å². The van der Waals surface area contributed by atoms with Gasteiger partial charge in [-0.25, -0.2) is 9.97 Å². The molecule has 150 valence electrons. The number of nitrogens with one attached hydrogen (secondary N) is 2. The Balaban J connectivity index is 1.66. The van der Waals surface area contributed by atoms with Crippen LogP contribution in [-0.4, -0.2) is 22.0 Å². The number of rotatable bonds is 7. The maximum atomic E-state index is 12.4. The molecule has 1 amide bonds. The van der Waals surface area contributed by atoms with E-state index < -0.39 is 0 Å². The Hall–Kier alpha value is -3.41. The number of carbonyl (C=O) groups excluding carboxylic acids is 1. The van der Waals surface area contributed by atoms with Crippen molar-refractivity contribution in [3.8, 4) is 5.75 Å². The second kappa shape index (κ2) is 9.19. The molecule has 6 heteroatoms. The van der Waals surface area contributed by atoms with Crippen LogP contribution in [0.3, 0.4) is 0 Å². The zero-order chi connectivity index (χ0) is 20.8. The van der Waals surface area contributed by atoms with Crippen molar-refractivity contribution >= 4 is 23.1 Å². The highest BCUT2D eigenvalue weighted by molar-refractivity contribution is 6.02. The number of hydrogen-bond donors (Lipinski definition) is 2. The van der Waals surface area contributed by atoms with Gasteiger partial charge in [-0.05, 0) is 62.6 Å². The van der Waals surface area contributed by atoms with E-state index in [1.807, 2.05) is 45.0 Å². The van der Waals surface area contributed by atoms with Crippen LogP contribution < -0.4 is 15.4 Å². The van der Waals surface area contributed by atoms with Gasteiger partial charge in [0.2, 0.25) is 0 Å². The third-order valence-electron chi connectivity index (χ3n) is 4.36. The molecule has 0 radical (unpaired) electrons. The summed E-state index contributed by atoms with van der Waals surface area (Å²) < 4.78 is 5.60. The molecule has 0 unspecified atom stereocenters. The number of aryl methyl sites for hydroxylation is 2. The van der Waals surface area contributed by atoms with Crippen molar-refractivity contribution in [2.24, 2.45) is 0 Å². The molecule has 6 nitrogen and oxygen atoms in total. The number of para-hydroxylation sites is 1. The molecule has 0 bridgehead atoms. The van der Waals surface area contributed by atoms with Gasteiger partial charge in [0.1, 0.15) is 17.3 Å². The Morgan fingerprint density at radius 1 is 1.07 bits per heavy atom. The maximum Gasteiger partial charge on any atom is 0.275 e. The average molecular weight is 390 g/mol. The SMILES string of the molecule is CCc1cccc(C)c1Nc1cnc(C(=O)Nc2ccc(OC(C)C)cc2)cn1. The lowest BCUT2D eigenvalue weighted by Crippen LogP contribution is -2.14. The molecule has 1 heterocycles. The molecule has 3 aromatic rings. The summed E-state index contributed by atoms with van der Waals surface area (Å²) in [5.74, 6) is 1.04. The van der Waals surface area contributed by atoms with Gasteiger partial charge in [0.05, 0.1) is 18.5 Å². The monoisotopic (exact) mass is 390 g/mol. The minimum Gasteiger partial charge on any atom is -0.491 e. The van der Waals surface area contributed by atoms with Gasteiger partial charge in [-0.2, -0.15) is 0 Å². The molecule has 0 atom stereocenters. The van der Waals surface area contributed by atoms with E-state index in [0.29, 0.717) is 11.5 Å². The number of aromatic nitrogens is 2. The van der Waals surface area contributed by atoms with Crippen LogP contribution in [0.15, 0.2) is 54.9 Å². The summed E-state index contributed by atoms with van der Waals surface area (Å²) in [5, 5.41) is 6.13. The molecule has 29 heavy (non-hydrogen) atoms. The highest BCUT2D eigenvalue weighted by Crippen LogP contribution is 2.24. The maximum absolute atomic E-state index is 12.4. The van der Waals surface area contributed by atoms with Crippen LogP contribution in [0.4, 0.5) is 17.2 Å². The highest BCUT2D eigenvalue weighted by atomic mass is 16.5. The number of nitrogens with zero attached hydrogens (tertiary/aromatic N) is 2. The predicted octanol–water partition coefficient (Wildman–Crippen LogP) is 5.13. The molecule has 0 saturated heterocycles. The number of amides is 1. The van der Waals surface area contributed by atoms with Gasteiger partial charge in [0.25, 0.3) is 5.91 Å². The van der Waals surface area contributed by atoms with Crippen molar-refractivity contribution in [1.82, 2.24) is 9.97 Å². The lowest BCUT2D eigenvalue weighted by atomic mass is 10.1. The number of anilines is 3. The van der Waals surface area contributed by atoms with E-state index in [9.17, 15) is 4.79 Å². The van der Waals surface area contributed by atoms with Crippen LogP contribution in [0.5, 0.6) is 5.75 Å². The summed E-state index contributed by atoms with van der Waals surface area (Å²) in [4.78, 5) is 21.0. The second-order valence-corrected chi connectivity index (χ2v) is 7.02. The van der Waals surface area contributed by atoms with Crippen molar-refractivity contribution in [2.45, 2.75) is 40.2 Å². The van der Waals surface area contributed by atoms with Gasteiger partial charge in [-0.1, -0.05) is 25.1 Å². The van der Waals surface area contributed by atoms with Gasteiger partial charge in [0, 0.05) is 11.4 Å². The quantitative estimate of drug-likeness (QED) is 0.585. The summed E-state index contributed by atoms with van der Waals surface area (Å²) in [6.45, 7) is 8.10. The molecule has 0 saturated carbocycles. The largest absolute Gasteiger partial charge is 0.491 e. The average Bonchev–Trinajstić information content (AvgIpc) is 2.71. The molecular weight excluding hydrogens is 364 g/mol. The van der Waals surface area contributed by atoms with E-state index in [2.05, 4.69) is 33.6 Å². The minimum atomic E-state index is -0.313. The number of hydrogen-bond acceptors (Lipinski definition) is 5. The lowest BCUT2D eigenvalue weighted by Gasteiger charge is -2.13. The number of carbonyl (C=O) groups is 1. The van der Waals surface area contributed by atoms with Crippen molar-refractivity contribution in [2.75, 3.05) is 10.6 Å². The Labute approximate surface area is 171 Å². The van der Waals surface area contributed by atoms with Gasteiger partial charge < -0.3 is 15.4 Å². The van der Waals surface area contributed by atoms with Crippen molar-refractivity contribution in [3.63, 3.8) is 0 Å². The van der Waals surface area contributed by atoms with Crippen molar-refractivity contribution < 1.29 is 9.53 Å². The summed E-state index contributed by atoms with van der Waals surface area (Å²) in [6, 6.07) is 13.4. The first-order valence-electron chi connectivity index (χ1n) is 9.72. The first-order valence-corrected chi connectivity index (χ1v) is 9.72. The fraction of sp³-hybridized carbons (Fsp3) is 0.261. The van der Waals surface area contributed by atoms with Crippen molar-refractivity contribution in [3.05, 3.63) is 71.7 Å². The summed E-state index contributed by atoms with van der Waals surface area (Å²) in [6.07, 6.45) is 4.06. The van der Waals surface area contributed by atoms with Gasteiger partial charge >= 0.3 is 0 Å². The fourth-order valence-electron chi connectivity index (χ4n) is 2.92. The topological polar surface area (TPSA) is 76.1 Å². The Bertz CT molecular complexity index is 967. The van der Waals surface area contributed by atoms with E-state index >= 15 is 0 Å². The zero-order valence-electron chi connectivity index (χ0n) is 17.2. The Morgan fingerprint density at radius 3 is 2.45 bits per heavy atom. The third-order valence-corrected chi connectivity index (χ3v) is 4.36. The van der Waals surface area contributed by atoms with Crippen LogP contribution in [0.25, 0.3) is 0 Å². The van der Waals surface area contributed by atoms with Crippen LogP contribution in [-0.2, 0) is 6.42 Å². The molecule has 0 aliphatic carbocycles. The standard InChI is InChI=1S/C23H26N4O2/c1-5-17-8-6-7-16(4)22(17)27-21-14-24-20(13-25-21)23(28)26-18-9-11-19(12-10-18)29-15(2)3/h6-15H,5H2,1-4H3,(H,25,27)(H,26,28). The van der Waals surface area contributed by atoms with E-state index in [-0.39, 0.29) is 17.7 Å². The molecule has 0 aliphatic rings. The molecule has 0 spiro atoms. The van der Waals surface area contributed by atoms with Gasteiger partial charge in [-0.15, -0.1) is 0 Å². The molecule has 1 aromatic heterocycles. The molecule has 3 rings (SSSR count). The van der Waals surface area contributed by atoms with Crippen LogP contribution in [0, 0.1) is 6.92 Å². The van der Waals surface area contributed by atoms with E-state index in [1.54, 1.807) is 18.3 Å². The Morgan fingerprint density at radius 2 is 1.83 bits per heavy atom. The van der Waals surface area contributed by atoms with E-state index in [4.69, 9.17) is 4.74 Å². The van der Waals surface area contributed by atoms with Crippen LogP contribution in [0.1, 0.15) is 42.4 Å². The molecule has 0 aliphatic heterocycles. The molecule has 2 N–H and O–H groups in total. The molecular formula is C23H26N4O2.